The van der Waals surface area contributed by atoms with E-state index in [4.69, 9.17) is 0 Å². The molecular weight excluding hydrogens is 216 g/mol. The molecule has 0 rings (SSSR count). The first kappa shape index (κ1) is 19.3. The van der Waals surface area contributed by atoms with Crippen LogP contribution in [0.5, 0.6) is 0 Å². The summed E-state index contributed by atoms with van der Waals surface area (Å²) < 4.78 is 0. The fourth-order valence-corrected chi connectivity index (χ4v) is 1.34. The Balaban J connectivity index is 0. The van der Waals surface area contributed by atoms with Crippen molar-refractivity contribution in [2.24, 2.45) is 11.8 Å². The quantitative estimate of drug-likeness (QED) is 0.365. The van der Waals surface area contributed by atoms with Crippen LogP contribution in [0.25, 0.3) is 0 Å². The van der Waals surface area contributed by atoms with Crippen LogP contribution in [0.15, 0.2) is 49.1 Å². The molecule has 2 atom stereocenters. The Kier molecular flexibility index (Phi) is 13.3. The first-order valence-electron chi connectivity index (χ1n) is 6.98. The molecule has 0 heteroatoms. The normalized spacial score (nSPS) is 13.4. The summed E-state index contributed by atoms with van der Waals surface area (Å²) in [4.78, 5) is 0. The minimum absolute atomic E-state index is 0.592. The van der Waals surface area contributed by atoms with Crippen molar-refractivity contribution >= 4 is 0 Å². The topological polar surface area (TPSA) is 0 Å². The molecule has 0 amide bonds. The molecule has 18 heavy (non-hydrogen) atoms. The second-order valence-corrected chi connectivity index (χ2v) is 5.15. The van der Waals surface area contributed by atoms with Gasteiger partial charge < -0.3 is 0 Å². The van der Waals surface area contributed by atoms with Crippen LogP contribution in [0.1, 0.15) is 53.9 Å². The minimum Gasteiger partial charge on any atom is -0.103 e. The van der Waals surface area contributed by atoms with Crippen LogP contribution in [-0.2, 0) is 0 Å². The van der Waals surface area contributed by atoms with Crippen molar-refractivity contribution in [3.63, 3.8) is 0 Å². The zero-order valence-corrected chi connectivity index (χ0v) is 13.1. The maximum atomic E-state index is 4.10. The van der Waals surface area contributed by atoms with E-state index in [1.165, 1.54) is 24.8 Å². The molecule has 0 bridgehead atoms. The molecule has 0 fully saturated rings. The van der Waals surface area contributed by atoms with E-state index in [-0.39, 0.29) is 0 Å². The van der Waals surface area contributed by atoms with Gasteiger partial charge >= 0.3 is 0 Å². The van der Waals surface area contributed by atoms with Gasteiger partial charge in [-0.2, -0.15) is 0 Å². The lowest BCUT2D eigenvalue weighted by Gasteiger charge is -2.14. The Labute approximate surface area is 115 Å². The molecule has 0 saturated heterocycles. The fraction of sp³-hybridized carbons (Fsp3) is 0.556. The standard InChI is InChI=1S/C15H26.C3H6/c1-7-13(4)9-11-15(6)14(5)10-8-12(2)3;1-3-2/h8,10,13,15H,2,5,7,9,11H2,1,3-4,6H3;3H,1H2,2H3/b10-8-;. The van der Waals surface area contributed by atoms with E-state index in [2.05, 4.69) is 46.6 Å². The van der Waals surface area contributed by atoms with Gasteiger partial charge in [0.05, 0.1) is 0 Å². The van der Waals surface area contributed by atoms with E-state index in [0.717, 1.165) is 11.5 Å². The van der Waals surface area contributed by atoms with E-state index < -0.39 is 0 Å². The van der Waals surface area contributed by atoms with Crippen molar-refractivity contribution in [3.8, 4) is 0 Å². The maximum absolute atomic E-state index is 4.10. The molecule has 0 heterocycles. The van der Waals surface area contributed by atoms with Crippen LogP contribution in [0.3, 0.4) is 0 Å². The molecule has 104 valence electrons. The van der Waals surface area contributed by atoms with Gasteiger partial charge in [-0.25, -0.2) is 0 Å². The third kappa shape index (κ3) is 13.0. The maximum Gasteiger partial charge on any atom is -0.0196 e. The molecule has 0 nitrogen and oxygen atoms in total. The van der Waals surface area contributed by atoms with Crippen LogP contribution in [0, 0.1) is 11.8 Å². The third-order valence-electron chi connectivity index (χ3n) is 3.00. The summed E-state index contributed by atoms with van der Waals surface area (Å²) in [6.45, 7) is 22.0. The first-order chi connectivity index (χ1) is 8.38. The summed E-state index contributed by atoms with van der Waals surface area (Å²) in [5.41, 5.74) is 2.31. The van der Waals surface area contributed by atoms with E-state index in [9.17, 15) is 0 Å². The predicted octanol–water partition coefficient (Wildman–Crippen LogP) is 6.33. The second-order valence-electron chi connectivity index (χ2n) is 5.15. The predicted molar refractivity (Wildman–Crippen MR) is 86.8 cm³/mol. The molecule has 0 aliphatic carbocycles. The fourth-order valence-electron chi connectivity index (χ4n) is 1.34. The van der Waals surface area contributed by atoms with Gasteiger partial charge in [-0.1, -0.05) is 76.1 Å². The molecule has 0 spiro atoms. The largest absolute Gasteiger partial charge is 0.103 e. The average molecular weight is 248 g/mol. The molecular formula is C18H32. The summed E-state index contributed by atoms with van der Waals surface area (Å²) in [5, 5.41) is 0. The summed E-state index contributed by atoms with van der Waals surface area (Å²) in [7, 11) is 0. The monoisotopic (exact) mass is 248 g/mol. The van der Waals surface area contributed by atoms with Gasteiger partial charge in [0, 0.05) is 0 Å². The summed E-state index contributed by atoms with van der Waals surface area (Å²) in [5.74, 6) is 1.43. The van der Waals surface area contributed by atoms with Crippen molar-refractivity contribution in [2.75, 3.05) is 0 Å². The van der Waals surface area contributed by atoms with E-state index in [1.807, 2.05) is 19.9 Å². The summed E-state index contributed by atoms with van der Waals surface area (Å²) in [6, 6.07) is 0. The van der Waals surface area contributed by atoms with Gasteiger partial charge in [-0.15, -0.1) is 6.58 Å². The van der Waals surface area contributed by atoms with Gasteiger partial charge in [0.25, 0.3) is 0 Å². The van der Waals surface area contributed by atoms with Crippen LogP contribution < -0.4 is 0 Å². The van der Waals surface area contributed by atoms with Gasteiger partial charge in [-0.05, 0) is 32.1 Å². The molecule has 0 aliphatic heterocycles. The number of allylic oxidation sites excluding steroid dienone is 5. The SMILES string of the molecule is C=C(C)/C=C\C(=C)C(C)CCC(C)CC.C=CC. The highest BCUT2D eigenvalue weighted by Crippen LogP contribution is 2.20. The molecule has 0 saturated carbocycles. The van der Waals surface area contributed by atoms with Crippen molar-refractivity contribution in [1.82, 2.24) is 0 Å². The number of hydrogen-bond acceptors (Lipinski definition) is 0. The summed E-state index contributed by atoms with van der Waals surface area (Å²) >= 11 is 0. The minimum atomic E-state index is 0.592. The molecule has 0 aromatic carbocycles. The molecule has 0 radical (unpaired) electrons. The molecule has 0 N–H and O–H groups in total. The first-order valence-corrected chi connectivity index (χ1v) is 6.98. The van der Waals surface area contributed by atoms with Crippen molar-refractivity contribution in [1.29, 1.82) is 0 Å². The number of hydrogen-bond donors (Lipinski definition) is 0. The van der Waals surface area contributed by atoms with E-state index >= 15 is 0 Å². The Bertz CT molecular complexity index is 268. The molecule has 0 aromatic heterocycles. The second kappa shape index (κ2) is 12.4. The smallest absolute Gasteiger partial charge is 0.0196 e. The zero-order valence-electron chi connectivity index (χ0n) is 13.1. The van der Waals surface area contributed by atoms with E-state index in [1.54, 1.807) is 6.08 Å². The molecule has 2 unspecified atom stereocenters. The van der Waals surface area contributed by atoms with Crippen molar-refractivity contribution in [2.45, 2.75) is 53.9 Å². The molecule has 0 aliphatic rings. The lowest BCUT2D eigenvalue weighted by atomic mass is 9.91. The van der Waals surface area contributed by atoms with Crippen molar-refractivity contribution in [3.05, 3.63) is 49.1 Å². The Morgan fingerprint density at radius 2 is 1.61 bits per heavy atom. The molecule has 0 aromatic rings. The van der Waals surface area contributed by atoms with Crippen molar-refractivity contribution < 1.29 is 0 Å². The van der Waals surface area contributed by atoms with E-state index in [0.29, 0.717) is 5.92 Å². The third-order valence-corrected chi connectivity index (χ3v) is 3.00. The van der Waals surface area contributed by atoms with Crippen LogP contribution in [0.4, 0.5) is 0 Å². The van der Waals surface area contributed by atoms with Gasteiger partial charge in [0.2, 0.25) is 0 Å². The van der Waals surface area contributed by atoms with Gasteiger partial charge in [0.15, 0.2) is 0 Å². The zero-order chi connectivity index (χ0) is 14.6. The highest BCUT2D eigenvalue weighted by Gasteiger charge is 2.06. The van der Waals surface area contributed by atoms with Gasteiger partial charge in [0.1, 0.15) is 0 Å². The van der Waals surface area contributed by atoms with Crippen LogP contribution >= 0.6 is 0 Å². The number of rotatable bonds is 7. The highest BCUT2D eigenvalue weighted by atomic mass is 14.1. The lowest BCUT2D eigenvalue weighted by Crippen LogP contribution is -2.00. The highest BCUT2D eigenvalue weighted by molar-refractivity contribution is 5.24. The Hall–Kier alpha value is -1.04. The lowest BCUT2D eigenvalue weighted by molar-refractivity contribution is 0.454. The Morgan fingerprint density at radius 3 is 2.00 bits per heavy atom. The Morgan fingerprint density at radius 1 is 1.11 bits per heavy atom. The average Bonchev–Trinajstić information content (AvgIpc) is 2.33. The van der Waals surface area contributed by atoms with Crippen LogP contribution in [0.2, 0.25) is 0 Å². The van der Waals surface area contributed by atoms with Crippen LogP contribution in [-0.4, -0.2) is 0 Å². The van der Waals surface area contributed by atoms with Gasteiger partial charge in [-0.3, -0.25) is 0 Å². The summed E-state index contributed by atoms with van der Waals surface area (Å²) in [6.07, 6.45) is 9.72.